The van der Waals surface area contributed by atoms with Crippen molar-refractivity contribution in [3.05, 3.63) is 97.2 Å². The summed E-state index contributed by atoms with van der Waals surface area (Å²) in [5.41, 5.74) is 0. The van der Waals surface area contributed by atoms with Crippen molar-refractivity contribution in [2.24, 2.45) is 0 Å². The number of carbonyl (C=O) groups excluding carboxylic acids is 2. The number of ether oxygens (including phenoxy) is 3. The van der Waals surface area contributed by atoms with E-state index in [1.165, 1.54) is 141 Å². The lowest BCUT2D eigenvalue weighted by molar-refractivity contribution is -0.305. The van der Waals surface area contributed by atoms with Crippen LogP contribution in [0.15, 0.2) is 97.2 Å². The highest BCUT2D eigenvalue weighted by atomic mass is 16.7. The Morgan fingerprint density at radius 2 is 0.857 bits per heavy atom. The molecule has 1 amide bonds. The molecule has 484 valence electrons. The minimum Gasteiger partial charge on any atom is -0.454 e. The molecule has 8 atom stereocenters. The maximum Gasteiger partial charge on any atom is 0.306 e. The van der Waals surface area contributed by atoms with Gasteiger partial charge in [0.25, 0.3) is 0 Å². The lowest BCUT2D eigenvalue weighted by atomic mass is 9.99. The van der Waals surface area contributed by atoms with E-state index in [4.69, 9.17) is 14.2 Å². The minimum atomic E-state index is -1.62. The molecular formula is C73H127NO10. The largest absolute Gasteiger partial charge is 0.454 e. The predicted molar refractivity (Wildman–Crippen MR) is 352 cm³/mol. The normalized spacial score (nSPS) is 19.1. The Kier molecular flexibility index (Phi) is 56.0. The Hall–Kier alpha value is -3.42. The van der Waals surface area contributed by atoms with Crippen molar-refractivity contribution in [1.82, 2.24) is 5.32 Å². The van der Waals surface area contributed by atoms with Crippen molar-refractivity contribution in [3.63, 3.8) is 0 Å². The third-order valence-electron chi connectivity index (χ3n) is 15.7. The third-order valence-corrected chi connectivity index (χ3v) is 15.7. The van der Waals surface area contributed by atoms with Crippen LogP contribution in [0.2, 0.25) is 0 Å². The second-order valence-corrected chi connectivity index (χ2v) is 23.5. The number of carbonyl (C=O) groups is 2. The van der Waals surface area contributed by atoms with E-state index in [9.17, 15) is 35.1 Å². The van der Waals surface area contributed by atoms with Gasteiger partial charge in [0.15, 0.2) is 12.4 Å². The fraction of sp³-hybridized carbons (Fsp3) is 0.753. The van der Waals surface area contributed by atoms with Gasteiger partial charge in [-0.3, -0.25) is 9.59 Å². The first-order valence-electron chi connectivity index (χ1n) is 34.5. The van der Waals surface area contributed by atoms with Crippen molar-refractivity contribution in [2.45, 2.75) is 339 Å². The molecule has 1 saturated heterocycles. The molecule has 6 N–H and O–H groups in total. The highest BCUT2D eigenvalue weighted by Gasteiger charge is 2.47. The van der Waals surface area contributed by atoms with Gasteiger partial charge in [-0.05, 0) is 103 Å². The van der Waals surface area contributed by atoms with Crippen molar-refractivity contribution in [1.29, 1.82) is 0 Å². The van der Waals surface area contributed by atoms with E-state index < -0.39 is 67.4 Å². The summed E-state index contributed by atoms with van der Waals surface area (Å²) in [6.45, 7) is 5.66. The van der Waals surface area contributed by atoms with E-state index >= 15 is 0 Å². The summed E-state index contributed by atoms with van der Waals surface area (Å²) in [6, 6.07) is -1.04. The molecule has 0 aliphatic carbocycles. The van der Waals surface area contributed by atoms with Gasteiger partial charge < -0.3 is 45.1 Å². The summed E-state index contributed by atoms with van der Waals surface area (Å²) in [4.78, 5) is 26.7. The average molecular weight is 1180 g/mol. The summed E-state index contributed by atoms with van der Waals surface area (Å²) in [5, 5.41) is 57.2. The number of nitrogens with one attached hydrogen (secondary N) is 1. The van der Waals surface area contributed by atoms with Crippen LogP contribution in [0.4, 0.5) is 0 Å². The van der Waals surface area contributed by atoms with Crippen LogP contribution in [0.1, 0.15) is 290 Å². The molecule has 0 radical (unpaired) electrons. The summed E-state index contributed by atoms with van der Waals surface area (Å²) < 4.78 is 17.7. The third kappa shape index (κ3) is 46.8. The van der Waals surface area contributed by atoms with Crippen molar-refractivity contribution in [3.8, 4) is 0 Å². The standard InChI is InChI=1S/C73H127NO10/c1-4-7-10-13-16-19-22-25-27-29-31-33-34-35-37-39-41-43-46-49-52-55-58-61-68(78)84-71-70(80)69(79)67(62-75)83-73(71)82-63-64(65(76)59-56-53-50-47-44-24-21-18-15-12-9-6-3)74-72(81)66(77)60-57-54-51-48-45-42-40-38-36-32-30-28-26-23-20-17-14-11-8-5-2/h8,11,16-17,19-20,25-28,32,36,40,42,56,59,64-67,69-71,73,75-77,79-80H,4-7,9-10,12-15,18,21-24,29-31,33-35,37-39,41,43-55,57-58,60-63H2,1-3H3,(H,74,81)/b11-8-,19-16-,20-17-,27-25-,28-26-,36-32-,42-40-,59-56+. The van der Waals surface area contributed by atoms with Crippen molar-refractivity contribution >= 4 is 11.9 Å². The predicted octanol–water partition coefficient (Wildman–Crippen LogP) is 17.5. The fourth-order valence-corrected chi connectivity index (χ4v) is 10.3. The van der Waals surface area contributed by atoms with Crippen molar-refractivity contribution < 1.29 is 49.3 Å². The van der Waals surface area contributed by atoms with Crippen LogP contribution in [0.25, 0.3) is 0 Å². The molecule has 0 spiro atoms. The highest BCUT2D eigenvalue weighted by Crippen LogP contribution is 2.26. The minimum absolute atomic E-state index is 0.117. The van der Waals surface area contributed by atoms with Gasteiger partial charge in [0.05, 0.1) is 25.4 Å². The maximum absolute atomic E-state index is 13.5. The first-order valence-corrected chi connectivity index (χ1v) is 34.5. The number of hydrogen-bond donors (Lipinski definition) is 6. The molecule has 84 heavy (non-hydrogen) atoms. The molecule has 0 aromatic carbocycles. The molecule has 0 bridgehead atoms. The summed E-state index contributed by atoms with van der Waals surface area (Å²) in [6.07, 6.45) is 70.1. The van der Waals surface area contributed by atoms with E-state index in [0.717, 1.165) is 103 Å². The average Bonchev–Trinajstić information content (AvgIpc) is 3.52. The molecule has 1 aliphatic rings. The van der Waals surface area contributed by atoms with Crippen LogP contribution in [-0.2, 0) is 23.8 Å². The number of esters is 1. The number of unbranched alkanes of at least 4 members (excludes halogenated alkanes) is 30. The molecule has 8 unspecified atom stereocenters. The Bertz CT molecular complexity index is 1740. The molecule has 11 heteroatoms. The zero-order valence-electron chi connectivity index (χ0n) is 53.7. The van der Waals surface area contributed by atoms with Crippen LogP contribution >= 0.6 is 0 Å². The van der Waals surface area contributed by atoms with Crippen LogP contribution in [0, 0.1) is 0 Å². The number of aliphatic hydroxyl groups excluding tert-OH is 5. The molecule has 1 rings (SSSR count). The van der Waals surface area contributed by atoms with Gasteiger partial charge in [-0.2, -0.15) is 0 Å². The Labute approximate surface area is 514 Å². The number of aliphatic hydroxyl groups is 5. The smallest absolute Gasteiger partial charge is 0.306 e. The monoisotopic (exact) mass is 1180 g/mol. The number of hydrogen-bond acceptors (Lipinski definition) is 10. The molecule has 1 fully saturated rings. The van der Waals surface area contributed by atoms with E-state index in [-0.39, 0.29) is 19.4 Å². The van der Waals surface area contributed by atoms with Crippen LogP contribution in [0.3, 0.4) is 0 Å². The second kappa shape index (κ2) is 59.9. The van der Waals surface area contributed by atoms with Gasteiger partial charge in [-0.1, -0.05) is 279 Å². The molecule has 0 saturated carbocycles. The fourth-order valence-electron chi connectivity index (χ4n) is 10.3. The van der Waals surface area contributed by atoms with Gasteiger partial charge in [0, 0.05) is 6.42 Å². The van der Waals surface area contributed by atoms with Crippen LogP contribution in [-0.4, -0.2) is 99.6 Å². The Balaban J connectivity index is 2.61. The Morgan fingerprint density at radius 1 is 0.476 bits per heavy atom. The lowest BCUT2D eigenvalue weighted by Crippen LogP contribution is -2.61. The zero-order chi connectivity index (χ0) is 61.0. The first-order chi connectivity index (χ1) is 41.2. The zero-order valence-corrected chi connectivity index (χ0v) is 53.7. The topological polar surface area (TPSA) is 175 Å². The van der Waals surface area contributed by atoms with Gasteiger partial charge in [-0.15, -0.1) is 0 Å². The Morgan fingerprint density at radius 3 is 1.31 bits per heavy atom. The second-order valence-electron chi connectivity index (χ2n) is 23.5. The van der Waals surface area contributed by atoms with Crippen LogP contribution < -0.4 is 5.32 Å². The van der Waals surface area contributed by atoms with Gasteiger partial charge in [0.1, 0.15) is 24.4 Å². The number of rotatable bonds is 58. The number of allylic oxidation sites excluding steroid dienone is 15. The molecule has 1 aliphatic heterocycles. The quantitative estimate of drug-likeness (QED) is 0.0195. The number of amides is 1. The lowest BCUT2D eigenvalue weighted by Gasteiger charge is -2.41. The first kappa shape index (κ1) is 78.6. The molecule has 0 aromatic heterocycles. The SMILES string of the molecule is CC/C=C\C/C=C\C/C=C\C/C=C\C/C=C\CCCCCCC(O)C(=O)NC(COC1OC(CO)C(O)C(O)C1OC(=O)CCCCCCCCCCCCCCC/C=C\C/C=C\CCCCC)C(O)/C=C/CCCCCCCCCCCC. The van der Waals surface area contributed by atoms with Gasteiger partial charge in [-0.25, -0.2) is 0 Å². The van der Waals surface area contributed by atoms with Gasteiger partial charge >= 0.3 is 5.97 Å². The molecular weight excluding hydrogens is 1050 g/mol. The highest BCUT2D eigenvalue weighted by molar-refractivity contribution is 5.80. The molecule has 1 heterocycles. The molecule has 0 aromatic rings. The van der Waals surface area contributed by atoms with E-state index in [2.05, 4.69) is 111 Å². The summed E-state index contributed by atoms with van der Waals surface area (Å²) in [7, 11) is 0. The summed E-state index contributed by atoms with van der Waals surface area (Å²) in [5.74, 6) is -1.21. The van der Waals surface area contributed by atoms with Gasteiger partial charge in [0.2, 0.25) is 5.91 Å². The van der Waals surface area contributed by atoms with Crippen molar-refractivity contribution in [2.75, 3.05) is 13.2 Å². The van der Waals surface area contributed by atoms with E-state index in [0.29, 0.717) is 12.8 Å². The van der Waals surface area contributed by atoms with Crippen LogP contribution in [0.5, 0.6) is 0 Å². The maximum atomic E-state index is 13.5. The summed E-state index contributed by atoms with van der Waals surface area (Å²) >= 11 is 0. The molecule has 11 nitrogen and oxygen atoms in total. The van der Waals surface area contributed by atoms with E-state index in [1.807, 2.05) is 6.08 Å². The van der Waals surface area contributed by atoms with E-state index in [1.54, 1.807) is 6.08 Å².